The molecule has 1 saturated carbocycles. The average Bonchev–Trinajstić information content (AvgIpc) is 2.53. The van der Waals surface area contributed by atoms with Crippen LogP contribution in [0.5, 0.6) is 0 Å². The number of carbonyl (C=O) groups is 1. The van der Waals surface area contributed by atoms with Crippen molar-refractivity contribution in [3.63, 3.8) is 0 Å². The van der Waals surface area contributed by atoms with Crippen molar-refractivity contribution in [1.29, 1.82) is 0 Å². The molecule has 0 bridgehead atoms. The molecule has 1 atom stereocenters. The van der Waals surface area contributed by atoms with Gasteiger partial charge in [-0.05, 0) is 22.1 Å². The van der Waals surface area contributed by atoms with E-state index in [1.165, 1.54) is 0 Å². The van der Waals surface area contributed by atoms with E-state index in [4.69, 9.17) is 5.73 Å². The molecular weight excluding hydrogens is 184 g/mol. The highest BCUT2D eigenvalue weighted by atomic mass is 16.6. The van der Waals surface area contributed by atoms with E-state index in [0.29, 0.717) is 0 Å². The Morgan fingerprint density at radius 1 is 1.64 bits per heavy atom. The van der Waals surface area contributed by atoms with Crippen LogP contribution in [0.4, 0.5) is 5.82 Å². The molecule has 0 spiro atoms. The third kappa shape index (κ3) is 1.43. The summed E-state index contributed by atoms with van der Waals surface area (Å²) in [5.74, 6) is -0.291. The molecule has 76 valence electrons. The molecule has 1 heterocycles. The van der Waals surface area contributed by atoms with Crippen molar-refractivity contribution >= 4 is 11.7 Å². The number of carbonyl (C=O) groups excluding carboxylic acids is 1. The number of nitrogen functional groups attached to an aromatic ring is 1. The lowest BCUT2D eigenvalue weighted by molar-refractivity contribution is 0.0937. The van der Waals surface area contributed by atoms with E-state index in [9.17, 15) is 4.79 Å². The van der Waals surface area contributed by atoms with Crippen molar-refractivity contribution in [2.45, 2.75) is 26.3 Å². The van der Waals surface area contributed by atoms with Crippen molar-refractivity contribution in [3.8, 4) is 0 Å². The summed E-state index contributed by atoms with van der Waals surface area (Å²) in [7, 11) is 0. The van der Waals surface area contributed by atoms with Crippen LogP contribution in [0.1, 0.15) is 30.8 Å². The lowest BCUT2D eigenvalue weighted by atomic mass is 10.2. The van der Waals surface area contributed by atoms with Crippen LogP contribution in [0, 0.1) is 5.41 Å². The molecule has 1 fully saturated rings. The minimum atomic E-state index is -0.320. The van der Waals surface area contributed by atoms with Gasteiger partial charge in [0, 0.05) is 6.04 Å². The van der Waals surface area contributed by atoms with Gasteiger partial charge in [-0.15, -0.1) is 0 Å². The fourth-order valence-electron chi connectivity index (χ4n) is 1.29. The summed E-state index contributed by atoms with van der Waals surface area (Å²) in [5, 5.41) is 9.56. The molecule has 1 aliphatic rings. The van der Waals surface area contributed by atoms with Gasteiger partial charge in [0.15, 0.2) is 0 Å². The smallest absolute Gasteiger partial charge is 0.277 e. The van der Waals surface area contributed by atoms with Crippen LogP contribution in [0.25, 0.3) is 0 Å². The fourth-order valence-corrected chi connectivity index (χ4v) is 1.29. The topological polar surface area (TPSA) is 94.0 Å². The highest BCUT2D eigenvalue weighted by Crippen LogP contribution is 2.44. The maximum Gasteiger partial charge on any atom is 0.277 e. The molecule has 1 aromatic rings. The van der Waals surface area contributed by atoms with Crippen LogP contribution in [0.2, 0.25) is 0 Å². The Kier molecular flexibility index (Phi) is 1.73. The Balaban J connectivity index is 2.01. The van der Waals surface area contributed by atoms with Crippen LogP contribution < -0.4 is 11.1 Å². The van der Waals surface area contributed by atoms with Crippen LogP contribution in [0.15, 0.2) is 4.63 Å². The summed E-state index contributed by atoms with van der Waals surface area (Å²) in [5.41, 5.74) is 5.62. The Bertz CT molecular complexity index is 371. The first-order chi connectivity index (χ1) is 6.50. The summed E-state index contributed by atoms with van der Waals surface area (Å²) < 4.78 is 4.33. The van der Waals surface area contributed by atoms with Crippen LogP contribution >= 0.6 is 0 Å². The maximum absolute atomic E-state index is 11.5. The lowest BCUT2D eigenvalue weighted by Crippen LogP contribution is -2.29. The van der Waals surface area contributed by atoms with Gasteiger partial charge in [0.1, 0.15) is 0 Å². The van der Waals surface area contributed by atoms with Gasteiger partial charge in [-0.1, -0.05) is 13.8 Å². The third-order valence-electron chi connectivity index (χ3n) is 2.55. The minimum absolute atomic E-state index is 0.0287. The number of nitrogens with zero attached hydrogens (tertiary/aromatic N) is 2. The third-order valence-corrected chi connectivity index (χ3v) is 2.55. The zero-order valence-electron chi connectivity index (χ0n) is 8.07. The molecular formula is C8H12N4O2. The number of amides is 1. The van der Waals surface area contributed by atoms with Gasteiger partial charge in [-0.2, -0.15) is 0 Å². The molecule has 0 saturated heterocycles. The van der Waals surface area contributed by atoms with Crippen molar-refractivity contribution in [2.75, 3.05) is 5.73 Å². The van der Waals surface area contributed by atoms with Crippen LogP contribution in [-0.2, 0) is 0 Å². The molecule has 6 nitrogen and oxygen atoms in total. The number of nitrogens with two attached hydrogens (primary N) is 1. The first-order valence-corrected chi connectivity index (χ1v) is 4.39. The summed E-state index contributed by atoms with van der Waals surface area (Å²) in [6.45, 7) is 4.17. The van der Waals surface area contributed by atoms with E-state index in [1.807, 2.05) is 0 Å². The number of hydrogen-bond donors (Lipinski definition) is 2. The summed E-state index contributed by atoms with van der Waals surface area (Å²) in [6.07, 6.45) is 0.976. The Hall–Kier alpha value is -1.59. The van der Waals surface area contributed by atoms with Gasteiger partial charge >= 0.3 is 0 Å². The van der Waals surface area contributed by atoms with Crippen molar-refractivity contribution < 1.29 is 9.42 Å². The molecule has 0 aromatic carbocycles. The fraction of sp³-hybridized carbons (Fsp3) is 0.625. The molecule has 0 aliphatic heterocycles. The first kappa shape index (κ1) is 8.98. The van der Waals surface area contributed by atoms with Crippen molar-refractivity contribution in [2.24, 2.45) is 5.41 Å². The molecule has 1 unspecified atom stereocenters. The van der Waals surface area contributed by atoms with Gasteiger partial charge < -0.3 is 11.1 Å². The molecule has 2 rings (SSSR count). The molecule has 1 amide bonds. The van der Waals surface area contributed by atoms with E-state index < -0.39 is 0 Å². The zero-order valence-corrected chi connectivity index (χ0v) is 8.07. The van der Waals surface area contributed by atoms with Gasteiger partial charge in [0.05, 0.1) is 0 Å². The first-order valence-electron chi connectivity index (χ1n) is 4.39. The lowest BCUT2D eigenvalue weighted by Gasteiger charge is -2.03. The number of aromatic nitrogens is 2. The summed E-state index contributed by atoms with van der Waals surface area (Å²) in [4.78, 5) is 11.5. The highest BCUT2D eigenvalue weighted by molar-refractivity contribution is 5.96. The molecule has 14 heavy (non-hydrogen) atoms. The summed E-state index contributed by atoms with van der Waals surface area (Å²) >= 11 is 0. The van der Waals surface area contributed by atoms with Gasteiger partial charge in [0.25, 0.3) is 5.91 Å². The quantitative estimate of drug-likeness (QED) is 0.703. The monoisotopic (exact) mass is 196 g/mol. The second-order valence-electron chi connectivity index (χ2n) is 4.22. The molecule has 0 radical (unpaired) electrons. The van der Waals surface area contributed by atoms with Crippen molar-refractivity contribution in [3.05, 3.63) is 5.69 Å². The van der Waals surface area contributed by atoms with E-state index in [2.05, 4.69) is 34.1 Å². The highest BCUT2D eigenvalue weighted by Gasteiger charge is 2.47. The predicted octanol–water partition coefficient (Wildman–Crippen LogP) is 0.180. The largest absolute Gasteiger partial charge is 0.379 e. The number of rotatable bonds is 2. The van der Waals surface area contributed by atoms with E-state index >= 15 is 0 Å². The van der Waals surface area contributed by atoms with E-state index in [-0.39, 0.29) is 28.9 Å². The normalized spacial score (nSPS) is 23.1. The standard InChI is InChI=1S/C8H12N4O2/c1-8(2)3-4(8)10-7(13)5-6(9)12-14-11-5/h4H,3H2,1-2H3,(H2,9,12)(H,10,13). The molecule has 1 aliphatic carbocycles. The Labute approximate surface area is 80.8 Å². The van der Waals surface area contributed by atoms with E-state index in [0.717, 1.165) is 6.42 Å². The molecule has 6 heteroatoms. The Morgan fingerprint density at radius 3 is 2.71 bits per heavy atom. The van der Waals surface area contributed by atoms with Crippen LogP contribution in [0.3, 0.4) is 0 Å². The number of anilines is 1. The Morgan fingerprint density at radius 2 is 2.29 bits per heavy atom. The van der Waals surface area contributed by atoms with Crippen LogP contribution in [-0.4, -0.2) is 22.3 Å². The average molecular weight is 196 g/mol. The predicted molar refractivity (Wildman–Crippen MR) is 48.4 cm³/mol. The van der Waals surface area contributed by atoms with Crippen molar-refractivity contribution in [1.82, 2.24) is 15.6 Å². The summed E-state index contributed by atoms with van der Waals surface area (Å²) in [6, 6.07) is 0.200. The second-order valence-corrected chi connectivity index (χ2v) is 4.22. The minimum Gasteiger partial charge on any atom is -0.379 e. The number of nitrogens with one attached hydrogen (secondary N) is 1. The maximum atomic E-state index is 11.5. The van der Waals surface area contributed by atoms with E-state index in [1.54, 1.807) is 0 Å². The zero-order chi connectivity index (χ0) is 10.3. The SMILES string of the molecule is CC1(C)CC1NC(=O)c1nonc1N. The van der Waals surface area contributed by atoms with Gasteiger partial charge in [-0.25, -0.2) is 4.63 Å². The number of hydrogen-bond acceptors (Lipinski definition) is 5. The molecule has 3 N–H and O–H groups in total. The molecule has 1 aromatic heterocycles. The second kappa shape index (κ2) is 2.70. The van der Waals surface area contributed by atoms with Gasteiger partial charge in [-0.3, -0.25) is 4.79 Å². The van der Waals surface area contributed by atoms with Gasteiger partial charge in [0.2, 0.25) is 11.5 Å².